The molecule has 2 aromatic rings. The number of aryl methyl sites for hydroxylation is 1. The fourth-order valence-electron chi connectivity index (χ4n) is 2.92. The fourth-order valence-corrected chi connectivity index (χ4v) is 2.92. The molecule has 4 nitrogen and oxygen atoms in total. The molecule has 24 heavy (non-hydrogen) atoms. The summed E-state index contributed by atoms with van der Waals surface area (Å²) in [5.41, 5.74) is 7.98. The Bertz CT molecular complexity index is 723. The van der Waals surface area contributed by atoms with E-state index in [0.717, 1.165) is 18.4 Å². The van der Waals surface area contributed by atoms with Crippen LogP contribution < -0.4 is 10.5 Å². The van der Waals surface area contributed by atoms with Crippen molar-refractivity contribution in [2.75, 3.05) is 18.8 Å². The summed E-state index contributed by atoms with van der Waals surface area (Å²) in [7, 11) is 0. The van der Waals surface area contributed by atoms with Crippen LogP contribution >= 0.6 is 0 Å². The first-order valence-corrected chi connectivity index (χ1v) is 8.10. The number of carbonyl (C=O) groups excluding carboxylic acids is 1. The number of nitrogens with two attached hydrogens (primary N) is 1. The molecular formula is C19H21FN2O2. The van der Waals surface area contributed by atoms with Crippen LogP contribution in [-0.4, -0.2) is 30.0 Å². The van der Waals surface area contributed by atoms with E-state index >= 15 is 0 Å². The molecule has 0 spiro atoms. The Morgan fingerprint density at radius 1 is 1.17 bits per heavy atom. The summed E-state index contributed by atoms with van der Waals surface area (Å²) in [6.07, 6.45) is 1.55. The van der Waals surface area contributed by atoms with Gasteiger partial charge in [-0.1, -0.05) is 6.07 Å². The lowest BCUT2D eigenvalue weighted by Crippen LogP contribution is -2.42. The lowest BCUT2D eigenvalue weighted by Gasteiger charge is -2.32. The van der Waals surface area contributed by atoms with Gasteiger partial charge in [0.15, 0.2) is 0 Å². The highest BCUT2D eigenvalue weighted by atomic mass is 19.1. The quantitative estimate of drug-likeness (QED) is 0.879. The third-order valence-electron chi connectivity index (χ3n) is 4.34. The van der Waals surface area contributed by atoms with Crippen molar-refractivity contribution in [2.45, 2.75) is 25.9 Å². The number of ether oxygens (including phenoxy) is 1. The number of hydrogen-bond acceptors (Lipinski definition) is 3. The molecule has 0 unspecified atom stereocenters. The summed E-state index contributed by atoms with van der Waals surface area (Å²) in [5.74, 6) is 0.396. The van der Waals surface area contributed by atoms with Gasteiger partial charge in [0.1, 0.15) is 17.7 Å². The number of likely N-dealkylation sites (tertiary alicyclic amines) is 1. The first-order chi connectivity index (χ1) is 11.5. The Balaban J connectivity index is 1.59. The standard InChI is InChI=1S/C19H21FN2O2/c1-13-2-5-15(21)12-18(13)19(23)22-10-8-17(9-11-22)24-16-6-3-14(20)4-7-16/h2-7,12,17H,8-11,21H2,1H3. The van der Waals surface area contributed by atoms with Crippen LogP contribution in [0, 0.1) is 12.7 Å². The number of benzene rings is 2. The lowest BCUT2D eigenvalue weighted by molar-refractivity contribution is 0.0595. The Morgan fingerprint density at radius 3 is 2.50 bits per heavy atom. The molecular weight excluding hydrogens is 307 g/mol. The van der Waals surface area contributed by atoms with E-state index in [-0.39, 0.29) is 17.8 Å². The molecule has 0 atom stereocenters. The Hall–Kier alpha value is -2.56. The van der Waals surface area contributed by atoms with Crippen molar-refractivity contribution in [3.8, 4) is 5.75 Å². The van der Waals surface area contributed by atoms with Crippen LogP contribution in [0.3, 0.4) is 0 Å². The number of halogens is 1. The summed E-state index contributed by atoms with van der Waals surface area (Å²) in [6.45, 7) is 3.19. The second-order valence-corrected chi connectivity index (χ2v) is 6.14. The molecule has 1 amide bonds. The van der Waals surface area contributed by atoms with E-state index in [4.69, 9.17) is 10.5 Å². The molecule has 1 aliphatic rings. The maximum absolute atomic E-state index is 12.9. The number of anilines is 1. The Kier molecular flexibility index (Phi) is 4.69. The zero-order valence-corrected chi connectivity index (χ0v) is 13.7. The average Bonchev–Trinajstić information content (AvgIpc) is 2.59. The molecule has 0 saturated carbocycles. The highest BCUT2D eigenvalue weighted by molar-refractivity contribution is 5.96. The maximum atomic E-state index is 12.9. The number of carbonyl (C=O) groups is 1. The van der Waals surface area contributed by atoms with Gasteiger partial charge in [-0.15, -0.1) is 0 Å². The molecule has 2 aromatic carbocycles. The monoisotopic (exact) mass is 328 g/mol. The molecule has 2 N–H and O–H groups in total. The van der Waals surface area contributed by atoms with E-state index in [1.165, 1.54) is 12.1 Å². The van der Waals surface area contributed by atoms with E-state index < -0.39 is 0 Å². The Labute approximate surface area is 141 Å². The van der Waals surface area contributed by atoms with E-state index in [9.17, 15) is 9.18 Å². The minimum Gasteiger partial charge on any atom is -0.490 e. The number of rotatable bonds is 3. The van der Waals surface area contributed by atoms with Gasteiger partial charge in [0.25, 0.3) is 5.91 Å². The third kappa shape index (κ3) is 3.67. The number of piperidine rings is 1. The fraction of sp³-hybridized carbons (Fsp3) is 0.316. The summed E-state index contributed by atoms with van der Waals surface area (Å²) >= 11 is 0. The predicted octanol–water partition coefficient (Wildman–Crippen LogP) is 3.40. The van der Waals surface area contributed by atoms with Gasteiger partial charge in [0.2, 0.25) is 0 Å². The number of nitrogen functional groups attached to an aromatic ring is 1. The first kappa shape index (κ1) is 16.3. The van der Waals surface area contributed by atoms with Gasteiger partial charge >= 0.3 is 0 Å². The zero-order valence-electron chi connectivity index (χ0n) is 13.7. The van der Waals surface area contributed by atoms with Crippen LogP contribution in [0.1, 0.15) is 28.8 Å². The summed E-state index contributed by atoms with van der Waals surface area (Å²) in [5, 5.41) is 0. The van der Waals surface area contributed by atoms with E-state index in [1.54, 1.807) is 24.3 Å². The van der Waals surface area contributed by atoms with Crippen molar-refractivity contribution in [3.05, 3.63) is 59.4 Å². The lowest BCUT2D eigenvalue weighted by atomic mass is 10.0. The van der Waals surface area contributed by atoms with E-state index in [0.29, 0.717) is 30.1 Å². The first-order valence-electron chi connectivity index (χ1n) is 8.10. The van der Waals surface area contributed by atoms with Crippen LogP contribution in [0.5, 0.6) is 5.75 Å². The van der Waals surface area contributed by atoms with Crippen molar-refractivity contribution < 1.29 is 13.9 Å². The molecule has 0 bridgehead atoms. The topological polar surface area (TPSA) is 55.6 Å². The van der Waals surface area contributed by atoms with Crippen LogP contribution in [0.4, 0.5) is 10.1 Å². The van der Waals surface area contributed by atoms with Gasteiger partial charge in [-0.25, -0.2) is 4.39 Å². The van der Waals surface area contributed by atoms with Crippen LogP contribution in [0.15, 0.2) is 42.5 Å². The smallest absolute Gasteiger partial charge is 0.254 e. The largest absolute Gasteiger partial charge is 0.490 e. The zero-order chi connectivity index (χ0) is 17.1. The number of nitrogens with zero attached hydrogens (tertiary/aromatic N) is 1. The molecule has 1 heterocycles. The molecule has 0 aliphatic carbocycles. The van der Waals surface area contributed by atoms with Gasteiger partial charge in [-0.2, -0.15) is 0 Å². The summed E-state index contributed by atoms with van der Waals surface area (Å²) in [4.78, 5) is 14.5. The van der Waals surface area contributed by atoms with E-state index in [1.807, 2.05) is 17.9 Å². The second-order valence-electron chi connectivity index (χ2n) is 6.14. The molecule has 1 saturated heterocycles. The van der Waals surface area contributed by atoms with Crippen molar-refractivity contribution in [1.29, 1.82) is 0 Å². The SMILES string of the molecule is Cc1ccc(N)cc1C(=O)N1CCC(Oc2ccc(F)cc2)CC1. The van der Waals surface area contributed by atoms with Gasteiger partial charge in [0.05, 0.1) is 0 Å². The molecule has 0 radical (unpaired) electrons. The highest BCUT2D eigenvalue weighted by Crippen LogP contribution is 2.22. The summed E-state index contributed by atoms with van der Waals surface area (Å²) in [6, 6.07) is 11.4. The van der Waals surface area contributed by atoms with Crippen molar-refractivity contribution in [2.24, 2.45) is 0 Å². The van der Waals surface area contributed by atoms with Crippen LogP contribution in [0.2, 0.25) is 0 Å². The molecule has 5 heteroatoms. The van der Waals surface area contributed by atoms with Gasteiger partial charge in [-0.05, 0) is 48.9 Å². The molecule has 0 aromatic heterocycles. The van der Waals surface area contributed by atoms with Gasteiger partial charge in [-0.3, -0.25) is 4.79 Å². The Morgan fingerprint density at radius 2 is 1.83 bits per heavy atom. The number of amides is 1. The molecule has 1 fully saturated rings. The normalized spacial score (nSPS) is 15.3. The van der Waals surface area contributed by atoms with Crippen molar-refractivity contribution >= 4 is 11.6 Å². The highest BCUT2D eigenvalue weighted by Gasteiger charge is 2.25. The maximum Gasteiger partial charge on any atom is 0.254 e. The van der Waals surface area contributed by atoms with Crippen LogP contribution in [0.25, 0.3) is 0 Å². The van der Waals surface area contributed by atoms with Crippen LogP contribution in [-0.2, 0) is 0 Å². The third-order valence-corrected chi connectivity index (χ3v) is 4.34. The molecule has 1 aliphatic heterocycles. The second kappa shape index (κ2) is 6.91. The van der Waals surface area contributed by atoms with E-state index in [2.05, 4.69) is 0 Å². The van der Waals surface area contributed by atoms with Crippen molar-refractivity contribution in [3.63, 3.8) is 0 Å². The van der Waals surface area contributed by atoms with Gasteiger partial charge < -0.3 is 15.4 Å². The summed E-state index contributed by atoms with van der Waals surface area (Å²) < 4.78 is 18.8. The predicted molar refractivity (Wildman–Crippen MR) is 91.5 cm³/mol. The average molecular weight is 328 g/mol. The van der Waals surface area contributed by atoms with Crippen molar-refractivity contribution in [1.82, 2.24) is 4.90 Å². The van der Waals surface area contributed by atoms with Gasteiger partial charge in [0, 0.05) is 37.2 Å². The minimum atomic E-state index is -0.278. The molecule has 3 rings (SSSR count). The minimum absolute atomic E-state index is 0.0139. The number of hydrogen-bond donors (Lipinski definition) is 1. The molecule has 126 valence electrons.